The van der Waals surface area contributed by atoms with E-state index in [-0.39, 0.29) is 0 Å². The van der Waals surface area contributed by atoms with E-state index in [1.54, 1.807) is 0 Å². The molecular formula is C55H35N. The molecule has 10 aromatic carbocycles. The molecule has 0 aliphatic heterocycles. The molecule has 1 heterocycles. The number of hydrogen-bond donors (Lipinski definition) is 0. The van der Waals surface area contributed by atoms with Crippen LogP contribution in [0.15, 0.2) is 212 Å². The Bertz CT molecular complexity index is 3250. The summed E-state index contributed by atoms with van der Waals surface area (Å²) in [5.41, 5.74) is 13.3. The molecule has 0 unspecified atom stereocenters. The van der Waals surface area contributed by atoms with Gasteiger partial charge in [-0.3, -0.25) is 0 Å². The van der Waals surface area contributed by atoms with Gasteiger partial charge >= 0.3 is 0 Å². The van der Waals surface area contributed by atoms with Crippen molar-refractivity contribution < 1.29 is 0 Å². The largest absolute Gasteiger partial charge is 0.309 e. The molecule has 0 amide bonds. The van der Waals surface area contributed by atoms with Crippen molar-refractivity contribution in [1.82, 2.24) is 4.57 Å². The first-order chi connectivity index (χ1) is 27.8. The number of nitrogens with zero attached hydrogens (tertiary/aromatic N) is 1. The van der Waals surface area contributed by atoms with Crippen LogP contribution in [0.5, 0.6) is 0 Å². The van der Waals surface area contributed by atoms with Crippen LogP contribution in [0.3, 0.4) is 0 Å². The molecule has 0 atom stereocenters. The second-order valence-corrected chi connectivity index (χ2v) is 15.2. The molecular weight excluding hydrogens is 675 g/mol. The number of benzene rings is 10. The van der Waals surface area contributed by atoms with Gasteiger partial charge in [0.15, 0.2) is 0 Å². The summed E-state index contributed by atoms with van der Waals surface area (Å²) in [4.78, 5) is 0. The van der Waals surface area contributed by atoms with Crippen LogP contribution in [0.4, 0.5) is 0 Å². The van der Waals surface area contributed by atoms with E-state index >= 15 is 0 Å². The quantitative estimate of drug-likeness (QED) is 0.160. The van der Waals surface area contributed by atoms with E-state index in [1.807, 2.05) is 0 Å². The lowest BCUT2D eigenvalue weighted by molar-refractivity contribution is 0.769. The summed E-state index contributed by atoms with van der Waals surface area (Å²) in [5.74, 6) is 0. The van der Waals surface area contributed by atoms with E-state index in [9.17, 15) is 0 Å². The molecule has 0 radical (unpaired) electrons. The Morgan fingerprint density at radius 3 is 1.52 bits per heavy atom. The maximum Gasteiger partial charge on any atom is 0.0714 e. The topological polar surface area (TPSA) is 4.93 Å². The number of aromatic nitrogens is 1. The first-order valence-electron chi connectivity index (χ1n) is 19.5. The van der Waals surface area contributed by atoms with Crippen LogP contribution in [0.25, 0.3) is 82.1 Å². The summed E-state index contributed by atoms with van der Waals surface area (Å²) in [7, 11) is 0. The third kappa shape index (κ3) is 4.20. The average Bonchev–Trinajstić information content (AvgIpc) is 3.75. The van der Waals surface area contributed by atoms with E-state index in [0.29, 0.717) is 0 Å². The summed E-state index contributed by atoms with van der Waals surface area (Å²) < 4.78 is 2.56. The molecule has 1 aliphatic rings. The van der Waals surface area contributed by atoms with Gasteiger partial charge in [-0.1, -0.05) is 182 Å². The van der Waals surface area contributed by atoms with Gasteiger partial charge in [0.05, 0.1) is 22.1 Å². The SMILES string of the molecule is c1ccc(-c2ccc3c(c2)c2cc4c(cc2n3-c2cccc3c5ccccc5c5ccccc5c23)C(c2ccccc2)(c2ccccc2)c2ccccc2-4)cc1. The summed E-state index contributed by atoms with van der Waals surface area (Å²) in [6, 6.07) is 78.9. The minimum Gasteiger partial charge on any atom is -0.309 e. The van der Waals surface area contributed by atoms with Crippen LogP contribution in [-0.4, -0.2) is 4.57 Å². The van der Waals surface area contributed by atoms with Crippen LogP contribution < -0.4 is 0 Å². The van der Waals surface area contributed by atoms with Crippen molar-refractivity contribution in [3.8, 4) is 27.9 Å². The molecule has 0 bridgehead atoms. The zero-order chi connectivity index (χ0) is 36.8. The molecule has 1 aromatic heterocycles. The van der Waals surface area contributed by atoms with Crippen LogP contribution in [-0.2, 0) is 5.41 Å². The van der Waals surface area contributed by atoms with E-state index in [2.05, 4.69) is 217 Å². The van der Waals surface area contributed by atoms with Crippen molar-refractivity contribution in [2.24, 2.45) is 0 Å². The van der Waals surface area contributed by atoms with Crippen molar-refractivity contribution in [3.05, 3.63) is 235 Å². The second-order valence-electron chi connectivity index (χ2n) is 15.2. The van der Waals surface area contributed by atoms with E-state index < -0.39 is 5.41 Å². The van der Waals surface area contributed by atoms with Gasteiger partial charge in [-0.15, -0.1) is 0 Å². The average molecular weight is 710 g/mol. The van der Waals surface area contributed by atoms with E-state index in [1.165, 1.54) is 104 Å². The maximum absolute atomic E-state index is 2.56. The standard InChI is InChI=1S/C55H35N/c1-4-17-36(18-5-1)37-31-32-51-47(33-37)48-34-46-43-26-14-15-29-49(43)55(38-19-6-2-7-20-38,39-21-8-3-9-22-39)50(46)35-53(48)56(51)52-30-16-28-45-42-24-11-10-23-40(42)41-25-12-13-27-44(41)54(45)52/h1-35H. The summed E-state index contributed by atoms with van der Waals surface area (Å²) in [5, 5.41) is 10.2. The molecule has 11 aromatic rings. The lowest BCUT2D eigenvalue weighted by atomic mass is 9.67. The van der Waals surface area contributed by atoms with Gasteiger partial charge in [-0.05, 0) is 102 Å². The molecule has 56 heavy (non-hydrogen) atoms. The smallest absolute Gasteiger partial charge is 0.0714 e. The zero-order valence-electron chi connectivity index (χ0n) is 30.7. The van der Waals surface area contributed by atoms with Gasteiger partial charge in [-0.2, -0.15) is 0 Å². The fourth-order valence-electron chi connectivity index (χ4n) is 10.1. The highest BCUT2D eigenvalue weighted by molar-refractivity contribution is 6.28. The van der Waals surface area contributed by atoms with Crippen molar-refractivity contribution in [1.29, 1.82) is 0 Å². The van der Waals surface area contributed by atoms with Gasteiger partial charge in [-0.25, -0.2) is 0 Å². The van der Waals surface area contributed by atoms with Crippen LogP contribution >= 0.6 is 0 Å². The monoisotopic (exact) mass is 709 g/mol. The van der Waals surface area contributed by atoms with Gasteiger partial charge < -0.3 is 4.57 Å². The van der Waals surface area contributed by atoms with E-state index in [4.69, 9.17) is 0 Å². The summed E-state index contributed by atoms with van der Waals surface area (Å²) in [6.45, 7) is 0. The fraction of sp³-hybridized carbons (Fsp3) is 0.0182. The molecule has 0 saturated carbocycles. The van der Waals surface area contributed by atoms with Crippen molar-refractivity contribution >= 4 is 54.1 Å². The van der Waals surface area contributed by atoms with Gasteiger partial charge in [0.1, 0.15) is 0 Å². The number of rotatable bonds is 4. The minimum absolute atomic E-state index is 0.499. The lowest BCUT2D eigenvalue weighted by Crippen LogP contribution is -2.28. The maximum atomic E-state index is 2.56. The Hall–Kier alpha value is -7.22. The second kappa shape index (κ2) is 11.9. The number of hydrogen-bond acceptors (Lipinski definition) is 0. The Labute approximate surface area is 325 Å². The predicted molar refractivity (Wildman–Crippen MR) is 236 cm³/mol. The van der Waals surface area contributed by atoms with E-state index in [0.717, 1.165) is 0 Å². The third-order valence-corrected chi connectivity index (χ3v) is 12.4. The molecule has 0 fully saturated rings. The molecule has 1 aliphatic carbocycles. The Kier molecular flexibility index (Phi) is 6.62. The molecule has 0 N–H and O–H groups in total. The fourth-order valence-corrected chi connectivity index (χ4v) is 10.1. The van der Waals surface area contributed by atoms with Crippen molar-refractivity contribution in [3.63, 3.8) is 0 Å². The van der Waals surface area contributed by atoms with Gasteiger partial charge in [0.25, 0.3) is 0 Å². The summed E-state index contributed by atoms with van der Waals surface area (Å²) in [6.07, 6.45) is 0. The lowest BCUT2D eigenvalue weighted by Gasteiger charge is -2.34. The Morgan fingerprint density at radius 2 is 0.839 bits per heavy atom. The predicted octanol–water partition coefficient (Wildman–Crippen LogP) is 14.3. The van der Waals surface area contributed by atoms with Gasteiger partial charge in [0.2, 0.25) is 0 Å². The molecule has 12 rings (SSSR count). The number of fused-ring (bicyclic) bond motifs is 12. The molecule has 1 heteroatoms. The van der Waals surface area contributed by atoms with Crippen LogP contribution in [0.2, 0.25) is 0 Å². The van der Waals surface area contributed by atoms with Crippen LogP contribution in [0, 0.1) is 0 Å². The van der Waals surface area contributed by atoms with Crippen LogP contribution in [0.1, 0.15) is 22.3 Å². The third-order valence-electron chi connectivity index (χ3n) is 12.4. The Morgan fingerprint density at radius 1 is 0.304 bits per heavy atom. The summed E-state index contributed by atoms with van der Waals surface area (Å²) >= 11 is 0. The minimum atomic E-state index is -0.499. The molecule has 0 spiro atoms. The van der Waals surface area contributed by atoms with Crippen molar-refractivity contribution in [2.45, 2.75) is 5.41 Å². The molecule has 0 saturated heterocycles. The first kappa shape index (κ1) is 31.2. The van der Waals surface area contributed by atoms with Crippen molar-refractivity contribution in [2.75, 3.05) is 0 Å². The molecule has 260 valence electrons. The molecule has 1 nitrogen and oxygen atoms in total. The van der Waals surface area contributed by atoms with Gasteiger partial charge in [0, 0.05) is 16.2 Å². The normalized spacial score (nSPS) is 13.1. The first-order valence-corrected chi connectivity index (χ1v) is 19.5. The Balaban J connectivity index is 1.28. The highest BCUT2D eigenvalue weighted by atomic mass is 15.0. The highest BCUT2D eigenvalue weighted by Crippen LogP contribution is 2.57. The zero-order valence-corrected chi connectivity index (χ0v) is 30.7. The highest BCUT2D eigenvalue weighted by Gasteiger charge is 2.46.